The average Bonchev–Trinajstić information content (AvgIpc) is 2.40. The van der Waals surface area contributed by atoms with Crippen molar-refractivity contribution in [2.45, 2.75) is 0 Å². The molecule has 108 valence electrons. The van der Waals surface area contributed by atoms with Crippen LogP contribution in [0.25, 0.3) is 0 Å². The van der Waals surface area contributed by atoms with E-state index in [1.807, 2.05) is 0 Å². The van der Waals surface area contributed by atoms with E-state index in [2.05, 4.69) is 16.1 Å². The van der Waals surface area contributed by atoms with Crippen molar-refractivity contribution in [3.05, 3.63) is 24.8 Å². The van der Waals surface area contributed by atoms with Crippen LogP contribution in [0.5, 0.6) is 0 Å². The van der Waals surface area contributed by atoms with Gasteiger partial charge in [-0.3, -0.25) is 0 Å². The van der Waals surface area contributed by atoms with Crippen LogP contribution in [0, 0.1) is 0 Å². The topological polar surface area (TPSA) is 130 Å². The van der Waals surface area contributed by atoms with Gasteiger partial charge in [0.2, 0.25) is 0 Å². The van der Waals surface area contributed by atoms with Crippen LogP contribution < -0.4 is 0 Å². The Labute approximate surface area is 109 Å². The molecule has 19 heavy (non-hydrogen) atoms. The number of esters is 2. The van der Waals surface area contributed by atoms with Gasteiger partial charge in [0.15, 0.2) is 0 Å². The van der Waals surface area contributed by atoms with Crippen molar-refractivity contribution in [3.63, 3.8) is 0 Å². The predicted octanol–water partition coefficient (Wildman–Crippen LogP) is -1.13. The van der Waals surface area contributed by atoms with Crippen LogP contribution in [0.3, 0.4) is 0 Å². The number of hydrogen-bond donors (Lipinski definition) is 3. The highest BCUT2D eigenvalue weighted by atomic mass is 16.5. The van der Waals surface area contributed by atoms with Crippen molar-refractivity contribution in [2.24, 2.45) is 0 Å². The fourth-order valence-corrected chi connectivity index (χ4v) is 0.525. The Morgan fingerprint density at radius 2 is 1.26 bits per heavy atom. The zero-order chi connectivity index (χ0) is 15.1. The van der Waals surface area contributed by atoms with Crippen molar-refractivity contribution >= 4 is 17.9 Å². The molecule has 8 nitrogen and oxygen atoms in total. The van der Waals surface area contributed by atoms with Gasteiger partial charge in [-0.25, -0.2) is 14.4 Å². The summed E-state index contributed by atoms with van der Waals surface area (Å²) >= 11 is 0. The monoisotopic (exact) mass is 276 g/mol. The highest BCUT2D eigenvalue weighted by Gasteiger charge is 1.99. The Bertz CT molecular complexity index is 299. The van der Waals surface area contributed by atoms with Gasteiger partial charge < -0.3 is 24.8 Å². The van der Waals surface area contributed by atoms with Gasteiger partial charge >= 0.3 is 17.9 Å². The number of rotatable bonds is 7. The first kappa shape index (κ1) is 19.2. The number of aliphatic hydroxyl groups is 2. The maximum atomic E-state index is 10.7. The van der Waals surface area contributed by atoms with E-state index in [1.165, 1.54) is 0 Å². The van der Waals surface area contributed by atoms with Gasteiger partial charge in [0.05, 0.1) is 13.2 Å². The lowest BCUT2D eigenvalue weighted by Gasteiger charge is -1.98. The highest BCUT2D eigenvalue weighted by molar-refractivity contribution is 5.91. The van der Waals surface area contributed by atoms with Crippen LogP contribution in [-0.4, -0.2) is 59.7 Å². The molecule has 0 radical (unpaired) electrons. The summed E-state index contributed by atoms with van der Waals surface area (Å²) in [5.41, 5.74) is 0. The van der Waals surface area contributed by atoms with Crippen molar-refractivity contribution in [1.82, 2.24) is 0 Å². The number of aliphatic carboxylic acids is 1. The van der Waals surface area contributed by atoms with E-state index >= 15 is 0 Å². The maximum absolute atomic E-state index is 10.7. The molecule has 0 aromatic rings. The van der Waals surface area contributed by atoms with E-state index < -0.39 is 17.9 Å². The van der Waals surface area contributed by atoms with Crippen molar-refractivity contribution in [2.75, 3.05) is 26.4 Å². The summed E-state index contributed by atoms with van der Waals surface area (Å²) in [7, 11) is 0. The number of aliphatic hydroxyl groups excluding tert-OH is 2. The van der Waals surface area contributed by atoms with Crippen LogP contribution in [0.4, 0.5) is 0 Å². The van der Waals surface area contributed by atoms with Gasteiger partial charge in [-0.1, -0.05) is 6.58 Å². The molecule has 0 aromatic heterocycles. The lowest BCUT2D eigenvalue weighted by Crippen LogP contribution is -2.08. The molecule has 0 saturated heterocycles. The lowest BCUT2D eigenvalue weighted by atomic mass is 10.5. The molecule has 0 heterocycles. The van der Waals surface area contributed by atoms with E-state index in [0.29, 0.717) is 0 Å². The second-order valence-corrected chi connectivity index (χ2v) is 2.66. The van der Waals surface area contributed by atoms with Crippen LogP contribution in [0.15, 0.2) is 24.8 Å². The molecule has 8 heteroatoms. The Balaban J connectivity index is 0. The van der Waals surface area contributed by atoms with Gasteiger partial charge in [-0.15, -0.1) is 0 Å². The summed E-state index contributed by atoms with van der Waals surface area (Å²) in [6.07, 6.45) is 2.60. The van der Waals surface area contributed by atoms with Gasteiger partial charge in [-0.05, 0) is 0 Å². The third-order valence-electron chi connectivity index (χ3n) is 1.20. The molecule has 0 atom stereocenters. The minimum Gasteiger partial charge on any atom is -0.478 e. The first-order valence-electron chi connectivity index (χ1n) is 5.06. The SMILES string of the molecule is C=CC(=O)O.O=C(/C=C\C(=O)OCCO)OCCO. The Hall–Kier alpha value is -2.19. The second-order valence-electron chi connectivity index (χ2n) is 2.66. The zero-order valence-corrected chi connectivity index (χ0v) is 10.2. The minimum atomic E-state index is -0.981. The van der Waals surface area contributed by atoms with Gasteiger partial charge in [0.25, 0.3) is 0 Å². The summed E-state index contributed by atoms with van der Waals surface area (Å²) in [6, 6.07) is 0. The maximum Gasteiger partial charge on any atom is 0.331 e. The van der Waals surface area contributed by atoms with Crippen LogP contribution >= 0.6 is 0 Å². The van der Waals surface area contributed by atoms with E-state index in [1.54, 1.807) is 0 Å². The number of ether oxygens (including phenoxy) is 2. The fourth-order valence-electron chi connectivity index (χ4n) is 0.525. The summed E-state index contributed by atoms with van der Waals surface area (Å²) in [5.74, 6) is -2.45. The summed E-state index contributed by atoms with van der Waals surface area (Å²) in [5, 5.41) is 24.2. The van der Waals surface area contributed by atoms with E-state index in [9.17, 15) is 14.4 Å². The molecular formula is C11H16O8. The molecule has 0 aliphatic heterocycles. The van der Waals surface area contributed by atoms with E-state index in [-0.39, 0.29) is 26.4 Å². The largest absolute Gasteiger partial charge is 0.478 e. The predicted molar refractivity (Wildman–Crippen MR) is 63.1 cm³/mol. The normalized spacial score (nSPS) is 9.16. The highest BCUT2D eigenvalue weighted by Crippen LogP contribution is 1.85. The summed E-state index contributed by atoms with van der Waals surface area (Å²) < 4.78 is 8.83. The molecule has 0 saturated carbocycles. The molecule has 3 N–H and O–H groups in total. The number of carboxylic acid groups (broad SMARTS) is 1. The first-order chi connectivity index (χ1) is 8.97. The number of hydrogen-bond acceptors (Lipinski definition) is 7. The number of carboxylic acids is 1. The van der Waals surface area contributed by atoms with E-state index in [0.717, 1.165) is 18.2 Å². The molecule has 0 amide bonds. The Morgan fingerprint density at radius 3 is 1.47 bits per heavy atom. The van der Waals surface area contributed by atoms with E-state index in [4.69, 9.17) is 15.3 Å². The molecule has 0 aliphatic rings. The molecule has 0 fully saturated rings. The van der Waals surface area contributed by atoms with Crippen molar-refractivity contribution in [1.29, 1.82) is 0 Å². The molecule has 0 spiro atoms. The molecular weight excluding hydrogens is 260 g/mol. The minimum absolute atomic E-state index is 0.116. The number of carbonyl (C=O) groups is 3. The smallest absolute Gasteiger partial charge is 0.331 e. The molecule has 0 unspecified atom stereocenters. The summed E-state index contributed by atoms with van der Waals surface area (Å²) in [6.45, 7) is 2.19. The Morgan fingerprint density at radius 1 is 0.947 bits per heavy atom. The second kappa shape index (κ2) is 13.9. The van der Waals surface area contributed by atoms with Gasteiger partial charge in [0, 0.05) is 18.2 Å². The molecule has 0 aliphatic carbocycles. The standard InChI is InChI=1S/C8H12O6.C3H4O2/c9-3-5-13-7(11)1-2-8(12)14-6-4-10;1-2-3(4)5/h1-2,9-10H,3-6H2;2H,1H2,(H,4,5)/b2-1-;. The average molecular weight is 276 g/mol. The van der Waals surface area contributed by atoms with Crippen LogP contribution in [0.1, 0.15) is 0 Å². The molecule has 0 rings (SSSR count). The fraction of sp³-hybridized carbons (Fsp3) is 0.364. The zero-order valence-electron chi connectivity index (χ0n) is 10.2. The van der Waals surface area contributed by atoms with Crippen LogP contribution in [0.2, 0.25) is 0 Å². The van der Waals surface area contributed by atoms with Gasteiger partial charge in [-0.2, -0.15) is 0 Å². The first-order valence-corrected chi connectivity index (χ1v) is 5.06. The van der Waals surface area contributed by atoms with Crippen molar-refractivity contribution in [3.8, 4) is 0 Å². The lowest BCUT2D eigenvalue weighted by molar-refractivity contribution is -0.141. The van der Waals surface area contributed by atoms with Crippen LogP contribution in [-0.2, 0) is 23.9 Å². The Kier molecular flexibility index (Phi) is 14.0. The molecule has 0 bridgehead atoms. The third kappa shape index (κ3) is 18.4. The van der Waals surface area contributed by atoms with Gasteiger partial charge in [0.1, 0.15) is 13.2 Å². The quantitative estimate of drug-likeness (QED) is 0.393. The number of carbonyl (C=O) groups excluding carboxylic acids is 2. The third-order valence-corrected chi connectivity index (χ3v) is 1.20. The summed E-state index contributed by atoms with van der Waals surface area (Å²) in [4.78, 5) is 30.7. The van der Waals surface area contributed by atoms with Crippen molar-refractivity contribution < 1.29 is 39.2 Å². The molecule has 0 aromatic carbocycles.